The molecular weight excluding hydrogens is 550 g/mol. The highest BCUT2D eigenvalue weighted by molar-refractivity contribution is 9.09. The average molecular weight is 579 g/mol. The molecule has 3 heteroatoms. The van der Waals surface area contributed by atoms with E-state index in [9.17, 15) is 0 Å². The first-order valence-electron chi connectivity index (χ1n) is 10.1. The Labute approximate surface area is 202 Å². The minimum atomic E-state index is -1.71. The van der Waals surface area contributed by atoms with E-state index in [0.717, 1.165) is 11.5 Å². The minimum Gasteiger partial charge on any atom is -1.00 e. The third kappa shape index (κ3) is 6.51. The van der Waals surface area contributed by atoms with Gasteiger partial charge in [-0.25, -0.2) is 0 Å². The van der Waals surface area contributed by atoms with Gasteiger partial charge < -0.3 is 24.0 Å². The van der Waals surface area contributed by atoms with Gasteiger partial charge in [0.15, 0.2) is 0 Å². The lowest BCUT2D eigenvalue weighted by Crippen LogP contribution is -3.00. The molecule has 0 aliphatic carbocycles. The van der Waals surface area contributed by atoms with E-state index in [1.54, 1.807) is 0 Å². The van der Waals surface area contributed by atoms with Crippen LogP contribution >= 0.6 is 23.2 Å². The number of hydrogen-bond donors (Lipinski definition) is 0. The topological polar surface area (TPSA) is 0 Å². The Balaban J connectivity index is 0.00000300. The highest BCUT2D eigenvalue weighted by Crippen LogP contribution is 2.55. The van der Waals surface area contributed by atoms with Crippen LogP contribution in [-0.2, 0) is 0 Å². The predicted octanol–water partition coefficient (Wildman–Crippen LogP) is 3.50. The van der Waals surface area contributed by atoms with Gasteiger partial charge >= 0.3 is 0 Å². The van der Waals surface area contributed by atoms with E-state index in [2.05, 4.69) is 119 Å². The van der Waals surface area contributed by atoms with E-state index in [4.69, 9.17) is 0 Å². The lowest BCUT2D eigenvalue weighted by molar-refractivity contribution is -0.00000541. The molecule has 0 aliphatic heterocycles. The van der Waals surface area contributed by atoms with Crippen LogP contribution in [0.1, 0.15) is 25.7 Å². The highest BCUT2D eigenvalue weighted by atomic mass is 127. The number of benzene rings is 3. The van der Waals surface area contributed by atoms with Crippen LogP contribution in [0, 0.1) is 0 Å². The number of allylic oxidation sites excluding steroid dienone is 2. The number of unbranched alkanes of at least 4 members (excludes halogenated alkanes) is 3. The van der Waals surface area contributed by atoms with Crippen LogP contribution in [0.15, 0.2) is 103 Å². The van der Waals surface area contributed by atoms with Gasteiger partial charge in [-0.3, -0.25) is 0 Å². The maximum atomic E-state index is 3.52. The monoisotopic (exact) mass is 578 g/mol. The van der Waals surface area contributed by atoms with E-state index in [1.165, 1.54) is 41.6 Å². The summed E-state index contributed by atoms with van der Waals surface area (Å²) in [5.41, 5.74) is 0. The minimum absolute atomic E-state index is 0. The van der Waals surface area contributed by atoms with Gasteiger partial charge in [-0.05, 0) is 55.7 Å². The molecule has 0 fully saturated rings. The third-order valence-corrected chi connectivity index (χ3v) is 10.00. The van der Waals surface area contributed by atoms with Gasteiger partial charge in [0.2, 0.25) is 0 Å². The summed E-state index contributed by atoms with van der Waals surface area (Å²) in [6.45, 7) is 0. The molecule has 0 unspecified atom stereocenters. The molecule has 0 bridgehead atoms. The fourth-order valence-electron chi connectivity index (χ4n) is 3.69. The van der Waals surface area contributed by atoms with Gasteiger partial charge in [0.1, 0.15) is 23.2 Å². The zero-order valence-corrected chi connectivity index (χ0v) is 21.4. The largest absolute Gasteiger partial charge is 1.00 e. The average Bonchev–Trinajstić information content (AvgIpc) is 2.78. The quantitative estimate of drug-likeness (QED) is 0.114. The lowest BCUT2D eigenvalue weighted by Gasteiger charge is -2.26. The first kappa shape index (κ1) is 24.3. The third-order valence-electron chi connectivity index (χ3n) is 5.14. The van der Waals surface area contributed by atoms with E-state index in [-0.39, 0.29) is 24.0 Å². The Morgan fingerprint density at radius 2 is 1.03 bits per heavy atom. The molecule has 0 saturated heterocycles. The maximum absolute atomic E-state index is 3.52. The van der Waals surface area contributed by atoms with Crippen molar-refractivity contribution in [2.75, 3.05) is 11.5 Å². The number of hydrogen-bond acceptors (Lipinski definition) is 0. The van der Waals surface area contributed by atoms with E-state index in [1.807, 2.05) is 0 Å². The Hall–Kier alpha value is -0.960. The molecule has 0 nitrogen and oxygen atoms in total. The van der Waals surface area contributed by atoms with Crippen molar-refractivity contribution in [1.82, 2.24) is 0 Å². The smallest absolute Gasteiger partial charge is 0.115 e. The highest BCUT2D eigenvalue weighted by Gasteiger charge is 2.43. The van der Waals surface area contributed by atoms with Gasteiger partial charge in [-0.1, -0.05) is 89.1 Å². The van der Waals surface area contributed by atoms with Crippen LogP contribution in [0.25, 0.3) is 0 Å². The summed E-state index contributed by atoms with van der Waals surface area (Å²) in [5.74, 6) is 0. The summed E-state index contributed by atoms with van der Waals surface area (Å²) < 4.78 is 0. The van der Waals surface area contributed by atoms with Crippen molar-refractivity contribution in [1.29, 1.82) is 0 Å². The fourth-order valence-corrected chi connectivity index (χ4v) is 8.13. The van der Waals surface area contributed by atoms with Gasteiger partial charge in [0, 0.05) is 5.33 Å². The number of halogens is 2. The van der Waals surface area contributed by atoms with Crippen molar-refractivity contribution in [3.63, 3.8) is 0 Å². The summed E-state index contributed by atoms with van der Waals surface area (Å²) in [4.78, 5) is 0. The van der Waals surface area contributed by atoms with Crippen LogP contribution in [0.5, 0.6) is 0 Å². The molecule has 0 saturated carbocycles. The second kappa shape index (κ2) is 13.4. The Bertz CT molecular complexity index is 738. The van der Waals surface area contributed by atoms with Gasteiger partial charge in [-0.15, -0.1) is 0 Å². The van der Waals surface area contributed by atoms with E-state index in [0.29, 0.717) is 0 Å². The normalized spacial score (nSPS) is 11.3. The number of rotatable bonds is 10. The maximum Gasteiger partial charge on any atom is 0.115 e. The van der Waals surface area contributed by atoms with Crippen LogP contribution < -0.4 is 39.9 Å². The molecule has 29 heavy (non-hydrogen) atoms. The molecule has 0 aromatic heterocycles. The van der Waals surface area contributed by atoms with Crippen LogP contribution in [0.2, 0.25) is 0 Å². The van der Waals surface area contributed by atoms with Crippen molar-refractivity contribution in [2.24, 2.45) is 0 Å². The summed E-state index contributed by atoms with van der Waals surface area (Å²) >= 11 is 3.52. The second-order valence-electron chi connectivity index (χ2n) is 7.01. The van der Waals surface area contributed by atoms with E-state index < -0.39 is 7.26 Å². The van der Waals surface area contributed by atoms with Crippen LogP contribution in [-0.4, -0.2) is 11.5 Å². The molecule has 0 radical (unpaired) electrons. The van der Waals surface area contributed by atoms with Crippen molar-refractivity contribution in [3.8, 4) is 0 Å². The molecule has 0 atom stereocenters. The number of alkyl halides is 1. The molecule has 3 aromatic carbocycles. The first-order valence-corrected chi connectivity index (χ1v) is 13.2. The molecule has 3 rings (SSSR count). The molecule has 0 spiro atoms. The van der Waals surface area contributed by atoms with Crippen molar-refractivity contribution >= 4 is 39.1 Å². The van der Waals surface area contributed by atoms with Crippen molar-refractivity contribution in [2.45, 2.75) is 25.7 Å². The summed E-state index contributed by atoms with van der Waals surface area (Å²) in [5, 5.41) is 5.48. The van der Waals surface area contributed by atoms with Crippen molar-refractivity contribution < 1.29 is 24.0 Å². The second-order valence-corrected chi connectivity index (χ2v) is 11.3. The zero-order valence-electron chi connectivity index (χ0n) is 16.8. The van der Waals surface area contributed by atoms with Crippen LogP contribution in [0.4, 0.5) is 0 Å². The zero-order chi connectivity index (χ0) is 19.5. The molecule has 0 N–H and O–H groups in total. The standard InChI is InChI=1S/C26H29BrP.HI/c27-22-14-3-1-2-4-15-23-28(24-16-8-5-9-17-24,25-18-10-6-11-19-25)26-20-12-7-13-21-26;/h4-13,15-21H,1-3,14,22-23H2;1H/q+1;/p-1. The molecular formula is C26H29BrIP. The molecule has 3 aromatic rings. The molecule has 0 amide bonds. The van der Waals surface area contributed by atoms with Crippen LogP contribution in [0.3, 0.4) is 0 Å². The predicted molar refractivity (Wildman–Crippen MR) is 131 cm³/mol. The first-order chi connectivity index (χ1) is 13.9. The summed E-state index contributed by atoms with van der Waals surface area (Å²) in [7, 11) is -1.71. The Morgan fingerprint density at radius 3 is 1.45 bits per heavy atom. The van der Waals surface area contributed by atoms with Crippen molar-refractivity contribution in [3.05, 3.63) is 103 Å². The molecule has 152 valence electrons. The fraction of sp³-hybridized carbons (Fsp3) is 0.231. The van der Waals surface area contributed by atoms with Gasteiger partial charge in [0.05, 0.1) is 6.16 Å². The SMILES string of the molecule is BrCCCCCC=CC[P+](c1ccccc1)(c1ccccc1)c1ccccc1.[I-]. The van der Waals surface area contributed by atoms with Gasteiger partial charge in [-0.2, -0.15) is 0 Å². The lowest BCUT2D eigenvalue weighted by atomic mass is 10.2. The molecule has 0 heterocycles. The summed E-state index contributed by atoms with van der Waals surface area (Å²) in [6, 6.07) is 33.3. The van der Waals surface area contributed by atoms with E-state index >= 15 is 0 Å². The van der Waals surface area contributed by atoms with Gasteiger partial charge in [0.25, 0.3) is 0 Å². The Morgan fingerprint density at radius 1 is 0.586 bits per heavy atom. The Kier molecular flexibility index (Phi) is 11.2. The summed E-state index contributed by atoms with van der Waals surface area (Å²) in [6.07, 6.45) is 10.9. The molecule has 0 aliphatic rings.